The number of hydrogen-bond acceptors (Lipinski definition) is 6. The quantitative estimate of drug-likeness (QED) is 0.536. The number of carbonyl (C=O) groups is 2. The summed E-state index contributed by atoms with van der Waals surface area (Å²) in [5, 5.41) is 11.0. The zero-order valence-corrected chi connectivity index (χ0v) is 13.7. The van der Waals surface area contributed by atoms with Gasteiger partial charge in [0.25, 0.3) is 5.91 Å². The van der Waals surface area contributed by atoms with E-state index in [0.717, 1.165) is 38.3 Å². The van der Waals surface area contributed by atoms with Crippen LogP contribution in [0.2, 0.25) is 0 Å². The molecule has 1 saturated heterocycles. The lowest BCUT2D eigenvalue weighted by atomic mass is 10.3. The smallest absolute Gasteiger partial charge is 0.271 e. The van der Waals surface area contributed by atoms with Crippen LogP contribution < -0.4 is 10.2 Å². The van der Waals surface area contributed by atoms with E-state index in [4.69, 9.17) is 0 Å². The van der Waals surface area contributed by atoms with E-state index in [0.29, 0.717) is 25.3 Å². The van der Waals surface area contributed by atoms with Crippen LogP contribution in [-0.4, -0.2) is 85.7 Å². The molecule has 0 aliphatic carbocycles. The van der Waals surface area contributed by atoms with Crippen LogP contribution in [0.1, 0.15) is 16.9 Å². The van der Waals surface area contributed by atoms with Crippen LogP contribution in [-0.2, 0) is 4.79 Å². The molecule has 0 bridgehead atoms. The van der Waals surface area contributed by atoms with E-state index in [2.05, 4.69) is 25.3 Å². The largest absolute Gasteiger partial charge is 0.352 e. The minimum atomic E-state index is -0.200. The summed E-state index contributed by atoms with van der Waals surface area (Å²) in [7, 11) is 4.00. The predicted octanol–water partition coefficient (Wildman–Crippen LogP) is -0.563. The van der Waals surface area contributed by atoms with Gasteiger partial charge in [-0.15, -0.1) is 10.2 Å². The Kier molecular flexibility index (Phi) is 6.28. The molecule has 23 heavy (non-hydrogen) atoms. The number of nitrogens with zero attached hydrogens (tertiary/aromatic N) is 5. The molecule has 0 aromatic carbocycles. The Morgan fingerprint density at radius 1 is 1.26 bits per heavy atom. The molecular formula is C15H24N6O2. The molecule has 1 aliphatic rings. The van der Waals surface area contributed by atoms with Crippen molar-refractivity contribution in [2.45, 2.75) is 6.42 Å². The Labute approximate surface area is 136 Å². The van der Waals surface area contributed by atoms with Crippen molar-refractivity contribution >= 4 is 18.1 Å². The number of carbonyl (C=O) groups excluding carboxylic acids is 2. The minimum Gasteiger partial charge on any atom is -0.352 e. The van der Waals surface area contributed by atoms with E-state index in [1.54, 1.807) is 17.0 Å². The van der Waals surface area contributed by atoms with Gasteiger partial charge in [-0.1, -0.05) is 0 Å². The monoisotopic (exact) mass is 320 g/mol. The number of aromatic nitrogens is 2. The average Bonchev–Trinajstić information content (AvgIpc) is 2.58. The molecule has 1 aliphatic heterocycles. The molecule has 0 saturated carbocycles. The van der Waals surface area contributed by atoms with Gasteiger partial charge in [0.1, 0.15) is 0 Å². The highest BCUT2D eigenvalue weighted by molar-refractivity contribution is 5.92. The third-order valence-corrected chi connectivity index (χ3v) is 3.74. The molecule has 0 spiro atoms. The zero-order valence-electron chi connectivity index (χ0n) is 13.7. The molecule has 1 aromatic rings. The highest BCUT2D eigenvalue weighted by Crippen LogP contribution is 2.12. The van der Waals surface area contributed by atoms with Crippen LogP contribution in [0.5, 0.6) is 0 Å². The van der Waals surface area contributed by atoms with Gasteiger partial charge in [-0.2, -0.15) is 0 Å². The highest BCUT2D eigenvalue weighted by atomic mass is 16.2. The molecule has 8 nitrogen and oxygen atoms in total. The van der Waals surface area contributed by atoms with Crippen LogP contribution in [0.4, 0.5) is 5.82 Å². The fourth-order valence-corrected chi connectivity index (χ4v) is 2.36. The molecule has 0 atom stereocenters. The highest BCUT2D eigenvalue weighted by Gasteiger charge is 2.17. The average molecular weight is 320 g/mol. The lowest BCUT2D eigenvalue weighted by molar-refractivity contribution is -0.118. The van der Waals surface area contributed by atoms with Gasteiger partial charge in [-0.25, -0.2) is 0 Å². The molecule has 1 aromatic heterocycles. The van der Waals surface area contributed by atoms with Crippen molar-refractivity contribution in [1.82, 2.24) is 25.3 Å². The van der Waals surface area contributed by atoms with Crippen molar-refractivity contribution in [2.24, 2.45) is 0 Å². The normalized spacial score (nSPS) is 14.9. The summed E-state index contributed by atoms with van der Waals surface area (Å²) in [5.74, 6) is 0.535. The number of nitrogens with one attached hydrogen (secondary N) is 1. The molecule has 0 unspecified atom stereocenters. The summed E-state index contributed by atoms with van der Waals surface area (Å²) in [6.45, 7) is 4.36. The van der Waals surface area contributed by atoms with E-state index < -0.39 is 0 Å². The van der Waals surface area contributed by atoms with Crippen LogP contribution in [0.15, 0.2) is 12.1 Å². The standard InChI is InChI=1S/C15H24N6O2/c1-19(2)7-3-6-16-15(23)13-4-5-14(18-17-13)21-10-8-20(12-22)9-11-21/h4-5,12H,3,6-11H2,1-2H3,(H,16,23). The third kappa shape index (κ3) is 5.17. The van der Waals surface area contributed by atoms with Crippen molar-refractivity contribution in [3.05, 3.63) is 17.8 Å². The Morgan fingerprint density at radius 3 is 2.57 bits per heavy atom. The molecule has 0 radical (unpaired) electrons. The summed E-state index contributed by atoms with van der Waals surface area (Å²) in [6, 6.07) is 3.49. The van der Waals surface area contributed by atoms with Crippen LogP contribution >= 0.6 is 0 Å². The topological polar surface area (TPSA) is 81.7 Å². The molecule has 2 rings (SSSR count). The molecule has 2 heterocycles. The number of anilines is 1. The second kappa shape index (κ2) is 8.42. The van der Waals surface area contributed by atoms with Gasteiger partial charge in [0.15, 0.2) is 11.5 Å². The summed E-state index contributed by atoms with van der Waals surface area (Å²) >= 11 is 0. The Hall–Kier alpha value is -2.22. The fraction of sp³-hybridized carbons (Fsp3) is 0.600. The molecule has 126 valence electrons. The molecule has 1 N–H and O–H groups in total. The lowest BCUT2D eigenvalue weighted by Gasteiger charge is -2.32. The van der Waals surface area contributed by atoms with E-state index in [9.17, 15) is 9.59 Å². The second-order valence-electron chi connectivity index (χ2n) is 5.82. The third-order valence-electron chi connectivity index (χ3n) is 3.74. The zero-order chi connectivity index (χ0) is 16.7. The molecule has 8 heteroatoms. The lowest BCUT2D eigenvalue weighted by Crippen LogP contribution is -2.46. The summed E-state index contributed by atoms with van der Waals surface area (Å²) in [4.78, 5) is 28.5. The van der Waals surface area contributed by atoms with Crippen molar-refractivity contribution in [1.29, 1.82) is 0 Å². The first-order valence-electron chi connectivity index (χ1n) is 7.81. The van der Waals surface area contributed by atoms with Crippen molar-refractivity contribution in [2.75, 3.05) is 58.3 Å². The van der Waals surface area contributed by atoms with Crippen LogP contribution in [0.25, 0.3) is 0 Å². The minimum absolute atomic E-state index is 0.200. The maximum Gasteiger partial charge on any atom is 0.271 e. The van der Waals surface area contributed by atoms with E-state index >= 15 is 0 Å². The number of amides is 2. The second-order valence-corrected chi connectivity index (χ2v) is 5.82. The Morgan fingerprint density at radius 2 is 2.00 bits per heavy atom. The number of rotatable bonds is 7. The van der Waals surface area contributed by atoms with Crippen LogP contribution in [0, 0.1) is 0 Å². The number of piperazine rings is 1. The molecular weight excluding hydrogens is 296 g/mol. The van der Waals surface area contributed by atoms with Gasteiger partial charge in [0.05, 0.1) is 0 Å². The van der Waals surface area contributed by atoms with Gasteiger partial charge in [0, 0.05) is 32.7 Å². The predicted molar refractivity (Wildman–Crippen MR) is 87.4 cm³/mol. The van der Waals surface area contributed by atoms with Gasteiger partial charge >= 0.3 is 0 Å². The molecule has 2 amide bonds. The van der Waals surface area contributed by atoms with Crippen molar-refractivity contribution in [3.8, 4) is 0 Å². The van der Waals surface area contributed by atoms with Crippen molar-refractivity contribution < 1.29 is 9.59 Å². The van der Waals surface area contributed by atoms with Gasteiger partial charge in [-0.3, -0.25) is 9.59 Å². The Bertz CT molecular complexity index is 511. The first kappa shape index (κ1) is 17.1. The fourth-order valence-electron chi connectivity index (χ4n) is 2.36. The van der Waals surface area contributed by atoms with Crippen LogP contribution in [0.3, 0.4) is 0 Å². The summed E-state index contributed by atoms with van der Waals surface area (Å²) < 4.78 is 0. The van der Waals surface area contributed by atoms with Crippen molar-refractivity contribution in [3.63, 3.8) is 0 Å². The maximum atomic E-state index is 12.0. The van der Waals surface area contributed by atoms with E-state index in [1.807, 2.05) is 14.1 Å². The Balaban J connectivity index is 1.82. The van der Waals surface area contributed by atoms with E-state index in [-0.39, 0.29) is 5.91 Å². The summed E-state index contributed by atoms with van der Waals surface area (Å²) in [5.41, 5.74) is 0.324. The number of hydrogen-bond donors (Lipinski definition) is 1. The van der Waals surface area contributed by atoms with Gasteiger partial charge in [0.2, 0.25) is 6.41 Å². The SMILES string of the molecule is CN(C)CCCNC(=O)c1ccc(N2CCN(C=O)CC2)nn1. The maximum absolute atomic E-state index is 12.0. The van der Waals surface area contributed by atoms with Gasteiger partial charge in [-0.05, 0) is 39.2 Å². The first-order valence-corrected chi connectivity index (χ1v) is 7.81. The van der Waals surface area contributed by atoms with E-state index in [1.165, 1.54) is 0 Å². The first-order chi connectivity index (χ1) is 11.1. The summed E-state index contributed by atoms with van der Waals surface area (Å²) in [6.07, 6.45) is 1.76. The molecule has 1 fully saturated rings. The van der Waals surface area contributed by atoms with Gasteiger partial charge < -0.3 is 20.0 Å².